The number of rotatable bonds is 4. The van der Waals surface area contributed by atoms with Crippen LogP contribution in [0.15, 0.2) is 35.6 Å². The third-order valence-corrected chi connectivity index (χ3v) is 2.45. The molecule has 0 aromatic carbocycles. The molecule has 6 heteroatoms. The molecule has 0 bridgehead atoms. The van der Waals surface area contributed by atoms with Crippen molar-refractivity contribution in [1.82, 2.24) is 19.5 Å². The molecular formula is C10H12BrN5. The first-order chi connectivity index (χ1) is 7.74. The number of halogens is 1. The van der Waals surface area contributed by atoms with Gasteiger partial charge in [0.2, 0.25) is 5.95 Å². The SMILES string of the molecule is CC(Cn1ccnc1)Nc1ncc(Br)cn1. The molecule has 2 heterocycles. The summed E-state index contributed by atoms with van der Waals surface area (Å²) in [4.78, 5) is 12.3. The van der Waals surface area contributed by atoms with Gasteiger partial charge in [-0.3, -0.25) is 0 Å². The van der Waals surface area contributed by atoms with Crippen molar-refractivity contribution >= 4 is 21.9 Å². The van der Waals surface area contributed by atoms with Gasteiger partial charge in [-0.2, -0.15) is 0 Å². The zero-order valence-corrected chi connectivity index (χ0v) is 10.4. The van der Waals surface area contributed by atoms with Gasteiger partial charge in [-0.05, 0) is 22.9 Å². The van der Waals surface area contributed by atoms with Crippen molar-refractivity contribution in [3.8, 4) is 0 Å². The number of imidazole rings is 1. The van der Waals surface area contributed by atoms with E-state index in [1.807, 2.05) is 10.8 Å². The number of hydrogen-bond acceptors (Lipinski definition) is 4. The highest BCUT2D eigenvalue weighted by Crippen LogP contribution is 2.08. The van der Waals surface area contributed by atoms with Crippen LogP contribution in [0.1, 0.15) is 6.92 Å². The predicted molar refractivity (Wildman–Crippen MR) is 65.0 cm³/mol. The highest BCUT2D eigenvalue weighted by atomic mass is 79.9. The summed E-state index contributed by atoms with van der Waals surface area (Å²) < 4.78 is 2.89. The van der Waals surface area contributed by atoms with Gasteiger partial charge in [-0.25, -0.2) is 15.0 Å². The monoisotopic (exact) mass is 281 g/mol. The Hall–Kier alpha value is -1.43. The Kier molecular flexibility index (Phi) is 3.51. The van der Waals surface area contributed by atoms with E-state index >= 15 is 0 Å². The molecule has 0 spiro atoms. The standard InChI is InChI=1S/C10H12BrN5/c1-8(6-16-3-2-12-7-16)15-10-13-4-9(11)5-14-10/h2-5,7-8H,6H2,1H3,(H,13,14,15). The maximum Gasteiger partial charge on any atom is 0.222 e. The summed E-state index contributed by atoms with van der Waals surface area (Å²) in [6.07, 6.45) is 8.93. The van der Waals surface area contributed by atoms with Crippen LogP contribution >= 0.6 is 15.9 Å². The molecule has 16 heavy (non-hydrogen) atoms. The van der Waals surface area contributed by atoms with Crippen LogP contribution in [0.25, 0.3) is 0 Å². The maximum atomic E-state index is 4.15. The lowest BCUT2D eigenvalue weighted by atomic mass is 10.3. The zero-order chi connectivity index (χ0) is 11.4. The number of aromatic nitrogens is 4. The second-order valence-electron chi connectivity index (χ2n) is 3.53. The van der Waals surface area contributed by atoms with Crippen LogP contribution in [0, 0.1) is 0 Å². The molecule has 5 nitrogen and oxygen atoms in total. The maximum absolute atomic E-state index is 4.15. The summed E-state index contributed by atoms with van der Waals surface area (Å²) in [5.41, 5.74) is 0. The van der Waals surface area contributed by atoms with Crippen molar-refractivity contribution < 1.29 is 0 Å². The van der Waals surface area contributed by atoms with Crippen LogP contribution in [0.2, 0.25) is 0 Å². The first-order valence-corrected chi connectivity index (χ1v) is 5.73. The van der Waals surface area contributed by atoms with E-state index in [2.05, 4.69) is 43.1 Å². The molecule has 0 saturated heterocycles. The average molecular weight is 282 g/mol. The van der Waals surface area contributed by atoms with Gasteiger partial charge in [0.25, 0.3) is 0 Å². The predicted octanol–water partition coefficient (Wildman–Crippen LogP) is 1.94. The Morgan fingerprint density at radius 1 is 1.44 bits per heavy atom. The van der Waals surface area contributed by atoms with E-state index in [-0.39, 0.29) is 6.04 Å². The first kappa shape index (κ1) is 11.1. The quantitative estimate of drug-likeness (QED) is 0.931. The van der Waals surface area contributed by atoms with Crippen molar-refractivity contribution in [3.05, 3.63) is 35.6 Å². The fourth-order valence-corrected chi connectivity index (χ4v) is 1.57. The summed E-state index contributed by atoms with van der Waals surface area (Å²) in [5, 5.41) is 3.22. The van der Waals surface area contributed by atoms with Crippen LogP contribution in [-0.4, -0.2) is 25.6 Å². The molecule has 2 aromatic rings. The van der Waals surface area contributed by atoms with E-state index in [4.69, 9.17) is 0 Å². The zero-order valence-electron chi connectivity index (χ0n) is 8.84. The van der Waals surface area contributed by atoms with E-state index in [0.29, 0.717) is 5.95 Å². The summed E-state index contributed by atoms with van der Waals surface area (Å²) in [6, 6.07) is 0.246. The molecule has 1 N–H and O–H groups in total. The minimum absolute atomic E-state index is 0.246. The molecule has 84 valence electrons. The fourth-order valence-electron chi connectivity index (χ4n) is 1.36. The Bertz CT molecular complexity index is 425. The van der Waals surface area contributed by atoms with Gasteiger partial charge in [0.15, 0.2) is 0 Å². The second-order valence-corrected chi connectivity index (χ2v) is 4.45. The Morgan fingerprint density at radius 3 is 2.81 bits per heavy atom. The lowest BCUT2D eigenvalue weighted by Gasteiger charge is -2.13. The van der Waals surface area contributed by atoms with Gasteiger partial charge in [0, 0.05) is 37.4 Å². The molecule has 2 rings (SSSR count). The van der Waals surface area contributed by atoms with Gasteiger partial charge >= 0.3 is 0 Å². The third-order valence-electron chi connectivity index (χ3n) is 2.04. The van der Waals surface area contributed by atoms with E-state index < -0.39 is 0 Å². The number of hydrogen-bond donors (Lipinski definition) is 1. The molecule has 0 aliphatic rings. The lowest BCUT2D eigenvalue weighted by Crippen LogP contribution is -2.22. The van der Waals surface area contributed by atoms with Crippen molar-refractivity contribution in [2.45, 2.75) is 19.5 Å². The molecule has 1 unspecified atom stereocenters. The summed E-state index contributed by atoms with van der Waals surface area (Å²) in [7, 11) is 0. The van der Waals surface area contributed by atoms with Crippen LogP contribution < -0.4 is 5.32 Å². The van der Waals surface area contributed by atoms with Gasteiger partial charge in [0.05, 0.1) is 10.8 Å². The Balaban J connectivity index is 1.92. The Labute approximate surface area is 102 Å². The molecule has 0 radical (unpaired) electrons. The second kappa shape index (κ2) is 5.07. The first-order valence-electron chi connectivity index (χ1n) is 4.94. The topological polar surface area (TPSA) is 55.6 Å². The van der Waals surface area contributed by atoms with Crippen molar-refractivity contribution in [1.29, 1.82) is 0 Å². The van der Waals surface area contributed by atoms with E-state index in [0.717, 1.165) is 11.0 Å². The minimum atomic E-state index is 0.246. The van der Waals surface area contributed by atoms with Crippen LogP contribution in [0.3, 0.4) is 0 Å². The molecule has 1 atom stereocenters. The van der Waals surface area contributed by atoms with Gasteiger partial charge in [0.1, 0.15) is 0 Å². The molecule has 0 aliphatic heterocycles. The summed E-state index contributed by atoms with van der Waals surface area (Å²) >= 11 is 3.30. The van der Waals surface area contributed by atoms with Crippen molar-refractivity contribution in [3.63, 3.8) is 0 Å². The van der Waals surface area contributed by atoms with Crippen LogP contribution in [0.5, 0.6) is 0 Å². The molecular weight excluding hydrogens is 270 g/mol. The van der Waals surface area contributed by atoms with Gasteiger partial charge in [-0.15, -0.1) is 0 Å². The van der Waals surface area contributed by atoms with Crippen molar-refractivity contribution in [2.75, 3.05) is 5.32 Å². The van der Waals surface area contributed by atoms with E-state index in [9.17, 15) is 0 Å². The molecule has 0 amide bonds. The largest absolute Gasteiger partial charge is 0.350 e. The van der Waals surface area contributed by atoms with Crippen LogP contribution in [0.4, 0.5) is 5.95 Å². The molecule has 0 saturated carbocycles. The number of anilines is 1. The van der Waals surface area contributed by atoms with Crippen LogP contribution in [-0.2, 0) is 6.54 Å². The van der Waals surface area contributed by atoms with E-state index in [1.165, 1.54) is 0 Å². The normalized spacial score (nSPS) is 12.4. The fraction of sp³-hybridized carbons (Fsp3) is 0.300. The minimum Gasteiger partial charge on any atom is -0.350 e. The molecule has 0 aliphatic carbocycles. The van der Waals surface area contributed by atoms with Crippen molar-refractivity contribution in [2.24, 2.45) is 0 Å². The lowest BCUT2D eigenvalue weighted by molar-refractivity contribution is 0.614. The number of nitrogens with zero attached hydrogens (tertiary/aromatic N) is 4. The highest BCUT2D eigenvalue weighted by molar-refractivity contribution is 9.10. The number of nitrogens with one attached hydrogen (secondary N) is 1. The van der Waals surface area contributed by atoms with E-state index in [1.54, 1.807) is 24.9 Å². The average Bonchev–Trinajstić information content (AvgIpc) is 2.74. The van der Waals surface area contributed by atoms with Gasteiger partial charge in [-0.1, -0.05) is 0 Å². The smallest absolute Gasteiger partial charge is 0.222 e. The highest BCUT2D eigenvalue weighted by Gasteiger charge is 2.04. The summed E-state index contributed by atoms with van der Waals surface area (Å²) in [5.74, 6) is 0.635. The summed E-state index contributed by atoms with van der Waals surface area (Å²) in [6.45, 7) is 2.91. The Morgan fingerprint density at radius 2 is 2.19 bits per heavy atom. The third kappa shape index (κ3) is 3.03. The van der Waals surface area contributed by atoms with Gasteiger partial charge < -0.3 is 9.88 Å². The molecule has 0 fully saturated rings. The molecule has 2 aromatic heterocycles.